The smallest absolute Gasteiger partial charge is 0.357 e. The van der Waals surface area contributed by atoms with Crippen molar-refractivity contribution in [3.63, 3.8) is 0 Å². The molecule has 0 aliphatic carbocycles. The van der Waals surface area contributed by atoms with Crippen LogP contribution in [0.3, 0.4) is 0 Å². The molecule has 2 aromatic heterocycles. The summed E-state index contributed by atoms with van der Waals surface area (Å²) in [6, 6.07) is 10.0. The number of ether oxygens (including phenoxy) is 1. The van der Waals surface area contributed by atoms with E-state index in [9.17, 15) is 9.59 Å². The lowest BCUT2D eigenvalue weighted by Gasteiger charge is -2.24. The monoisotopic (exact) mass is 475 g/mol. The molecule has 0 saturated carbocycles. The second-order valence-electron chi connectivity index (χ2n) is 10.1. The molecular formula is C27H33N5O3. The van der Waals surface area contributed by atoms with E-state index in [2.05, 4.69) is 37.8 Å². The van der Waals surface area contributed by atoms with E-state index >= 15 is 0 Å². The molecule has 2 aliphatic heterocycles. The zero-order valence-electron chi connectivity index (χ0n) is 21.1. The number of aromatic nitrogens is 3. The molecule has 2 fully saturated rings. The van der Waals surface area contributed by atoms with Crippen LogP contribution in [0, 0.1) is 18.8 Å². The molecule has 8 heteroatoms. The predicted molar refractivity (Wildman–Crippen MR) is 135 cm³/mol. The van der Waals surface area contributed by atoms with Crippen molar-refractivity contribution in [2.24, 2.45) is 11.8 Å². The third-order valence-corrected chi connectivity index (χ3v) is 7.19. The molecule has 0 bridgehead atoms. The van der Waals surface area contributed by atoms with Crippen LogP contribution in [0.25, 0.3) is 16.7 Å². The van der Waals surface area contributed by atoms with Gasteiger partial charge in [-0.1, -0.05) is 26.0 Å². The SMILES string of the molecule is CCOC(=O)c1cc(N2CC3CN(C(C)=O)CC3C2)c2c(C(C)C)nn(-c3cccc(C)c3)c2n1. The van der Waals surface area contributed by atoms with Crippen LogP contribution in [0.5, 0.6) is 0 Å². The lowest BCUT2D eigenvalue weighted by Crippen LogP contribution is -2.31. The number of pyridine rings is 1. The van der Waals surface area contributed by atoms with Gasteiger partial charge in [-0.3, -0.25) is 4.79 Å². The topological polar surface area (TPSA) is 80.6 Å². The molecule has 5 rings (SSSR count). The molecule has 184 valence electrons. The van der Waals surface area contributed by atoms with Crippen molar-refractivity contribution in [2.45, 2.75) is 40.5 Å². The molecule has 3 aromatic rings. The fourth-order valence-corrected chi connectivity index (χ4v) is 5.47. The third kappa shape index (κ3) is 4.15. The summed E-state index contributed by atoms with van der Waals surface area (Å²) in [5, 5.41) is 5.99. The zero-order valence-corrected chi connectivity index (χ0v) is 21.1. The molecule has 0 N–H and O–H groups in total. The second-order valence-corrected chi connectivity index (χ2v) is 10.1. The maximum absolute atomic E-state index is 12.8. The van der Waals surface area contributed by atoms with E-state index < -0.39 is 5.97 Å². The Hall–Kier alpha value is -3.42. The largest absolute Gasteiger partial charge is 0.461 e. The van der Waals surface area contributed by atoms with E-state index in [0.29, 0.717) is 23.2 Å². The second kappa shape index (κ2) is 8.98. The first-order valence-electron chi connectivity index (χ1n) is 12.4. The van der Waals surface area contributed by atoms with E-state index in [1.54, 1.807) is 13.8 Å². The van der Waals surface area contributed by atoms with Crippen molar-refractivity contribution in [1.82, 2.24) is 19.7 Å². The van der Waals surface area contributed by atoms with E-state index in [4.69, 9.17) is 14.8 Å². The van der Waals surface area contributed by atoms with Crippen molar-refractivity contribution >= 4 is 28.6 Å². The molecule has 0 radical (unpaired) electrons. The molecule has 1 amide bonds. The van der Waals surface area contributed by atoms with E-state index in [1.165, 1.54) is 0 Å². The number of likely N-dealkylation sites (tertiary alicyclic amines) is 1. The summed E-state index contributed by atoms with van der Waals surface area (Å²) in [5.74, 6) is 0.724. The maximum Gasteiger partial charge on any atom is 0.357 e. The Morgan fingerprint density at radius 3 is 2.43 bits per heavy atom. The van der Waals surface area contributed by atoms with Crippen molar-refractivity contribution < 1.29 is 14.3 Å². The molecule has 1 aromatic carbocycles. The Labute approximate surface area is 205 Å². The summed E-state index contributed by atoms with van der Waals surface area (Å²) < 4.78 is 7.19. The molecule has 8 nitrogen and oxygen atoms in total. The molecule has 0 spiro atoms. The van der Waals surface area contributed by atoms with Crippen LogP contribution in [-0.2, 0) is 9.53 Å². The van der Waals surface area contributed by atoms with Crippen molar-refractivity contribution in [2.75, 3.05) is 37.7 Å². The number of amides is 1. The Bertz CT molecular complexity index is 1280. The van der Waals surface area contributed by atoms with Gasteiger partial charge in [0.25, 0.3) is 0 Å². The fourth-order valence-electron chi connectivity index (χ4n) is 5.47. The maximum atomic E-state index is 12.8. The number of hydrogen-bond acceptors (Lipinski definition) is 6. The summed E-state index contributed by atoms with van der Waals surface area (Å²) in [4.78, 5) is 33.8. The highest BCUT2D eigenvalue weighted by Crippen LogP contribution is 2.40. The van der Waals surface area contributed by atoms with E-state index in [-0.39, 0.29) is 18.4 Å². The van der Waals surface area contributed by atoms with Crippen molar-refractivity contribution in [3.05, 3.63) is 47.3 Å². The minimum atomic E-state index is -0.430. The van der Waals surface area contributed by atoms with Gasteiger partial charge < -0.3 is 14.5 Å². The van der Waals surface area contributed by atoms with Crippen LogP contribution in [0.1, 0.15) is 55.4 Å². The first-order valence-corrected chi connectivity index (χ1v) is 12.4. The van der Waals surface area contributed by atoms with Crippen LogP contribution in [0.4, 0.5) is 5.69 Å². The number of aryl methyl sites for hydroxylation is 1. The Kier molecular flexibility index (Phi) is 5.99. The van der Waals surface area contributed by atoms with Crippen molar-refractivity contribution in [1.29, 1.82) is 0 Å². The quantitative estimate of drug-likeness (QED) is 0.520. The van der Waals surface area contributed by atoms with E-state index in [0.717, 1.165) is 54.2 Å². The summed E-state index contributed by atoms with van der Waals surface area (Å²) in [7, 11) is 0. The van der Waals surface area contributed by atoms with Gasteiger partial charge in [-0.05, 0) is 43.5 Å². The highest BCUT2D eigenvalue weighted by molar-refractivity contribution is 5.99. The number of nitrogens with zero attached hydrogens (tertiary/aromatic N) is 5. The van der Waals surface area contributed by atoms with Gasteiger partial charge in [0.15, 0.2) is 11.3 Å². The van der Waals surface area contributed by atoms with Crippen molar-refractivity contribution in [3.8, 4) is 5.69 Å². The Balaban J connectivity index is 1.66. The fraction of sp³-hybridized carbons (Fsp3) is 0.481. The average Bonchev–Trinajstić information content (AvgIpc) is 3.50. The number of carbonyl (C=O) groups excluding carboxylic acids is 2. The molecule has 35 heavy (non-hydrogen) atoms. The Morgan fingerprint density at radius 1 is 1.11 bits per heavy atom. The number of benzene rings is 1. The molecule has 4 heterocycles. The van der Waals surface area contributed by atoms with Gasteiger partial charge in [-0.25, -0.2) is 14.5 Å². The van der Waals surface area contributed by atoms with Crippen LogP contribution >= 0.6 is 0 Å². The first kappa shape index (κ1) is 23.3. The summed E-state index contributed by atoms with van der Waals surface area (Å²) in [6.45, 7) is 13.3. The number of carbonyl (C=O) groups is 2. The molecule has 2 saturated heterocycles. The minimum Gasteiger partial charge on any atom is -0.461 e. The van der Waals surface area contributed by atoms with Crippen LogP contribution in [0.2, 0.25) is 0 Å². The first-order chi connectivity index (χ1) is 16.8. The highest BCUT2D eigenvalue weighted by atomic mass is 16.5. The number of esters is 1. The molecule has 2 unspecified atom stereocenters. The lowest BCUT2D eigenvalue weighted by atomic mass is 10.0. The molecule has 2 atom stereocenters. The number of rotatable bonds is 5. The van der Waals surface area contributed by atoms with Crippen LogP contribution in [-0.4, -0.2) is 64.3 Å². The standard InChI is InChI=1S/C27H33N5O3/c1-6-35-27(34)22-11-23(31-14-19-12-30(18(5)33)13-20(19)15-31)24-25(16(2)3)29-32(26(24)28-22)21-9-7-8-17(4)10-21/h7-11,16,19-20H,6,12-15H2,1-5H3. The van der Waals surface area contributed by atoms with Crippen LogP contribution in [0.15, 0.2) is 30.3 Å². The lowest BCUT2D eigenvalue weighted by molar-refractivity contribution is -0.128. The van der Waals surface area contributed by atoms with Gasteiger partial charge in [0.2, 0.25) is 5.91 Å². The molecule has 2 aliphatic rings. The van der Waals surface area contributed by atoms with Crippen LogP contribution < -0.4 is 4.90 Å². The Morgan fingerprint density at radius 2 is 1.83 bits per heavy atom. The predicted octanol–water partition coefficient (Wildman–Crippen LogP) is 3.94. The van der Waals surface area contributed by atoms with E-state index in [1.807, 2.05) is 27.8 Å². The van der Waals surface area contributed by atoms with Gasteiger partial charge in [0.05, 0.1) is 29.1 Å². The summed E-state index contributed by atoms with van der Waals surface area (Å²) in [5.41, 5.74) is 4.94. The summed E-state index contributed by atoms with van der Waals surface area (Å²) in [6.07, 6.45) is 0. The van der Waals surface area contributed by atoms with Gasteiger partial charge in [-0.2, -0.15) is 5.10 Å². The van der Waals surface area contributed by atoms with Gasteiger partial charge in [0, 0.05) is 44.9 Å². The third-order valence-electron chi connectivity index (χ3n) is 7.19. The van der Waals surface area contributed by atoms with Gasteiger partial charge >= 0.3 is 5.97 Å². The zero-order chi connectivity index (χ0) is 24.9. The normalized spacial score (nSPS) is 19.6. The minimum absolute atomic E-state index is 0.142. The highest BCUT2D eigenvalue weighted by Gasteiger charge is 2.42. The summed E-state index contributed by atoms with van der Waals surface area (Å²) >= 11 is 0. The van der Waals surface area contributed by atoms with Gasteiger partial charge in [-0.15, -0.1) is 0 Å². The average molecular weight is 476 g/mol. The molecular weight excluding hydrogens is 442 g/mol. The number of hydrogen-bond donors (Lipinski definition) is 0. The number of anilines is 1. The van der Waals surface area contributed by atoms with Gasteiger partial charge in [0.1, 0.15) is 0 Å². The number of fused-ring (bicyclic) bond motifs is 2.